The molecule has 4 bridgehead atoms. The molecule has 5 aliphatic carbocycles. The van der Waals surface area contributed by atoms with Crippen LogP contribution in [0.15, 0.2) is 24.3 Å². The lowest BCUT2D eigenvalue weighted by Gasteiger charge is -2.63. The van der Waals surface area contributed by atoms with Gasteiger partial charge in [0.15, 0.2) is 29.1 Å². The van der Waals surface area contributed by atoms with E-state index in [0.717, 1.165) is 74.6 Å². The standard InChI is InChI=1S/C37H39N3O5.2ClH/c1-39-10-8-35-22-14-20-21-15-37(43)26-13-19-5-7-25(42)32-28(19)36(37,9-11-40(26)16-17-2-3-17)34(45-32)30(21)38-29(20)33(35)44-31-24(41)6-4-18(27(31)35)12-23(22)39;;/h4-7,17,22-23,26,33-34,38,41-43H,2-3,8-16H2,1H3;2*1H/t22-,23+,26+,33-,34-,35-,36-,37+;;/m0../s1. The van der Waals surface area contributed by atoms with Gasteiger partial charge >= 0.3 is 0 Å². The molecule has 0 radical (unpaired) electrons. The minimum absolute atomic E-state index is 0. The van der Waals surface area contributed by atoms with Crippen molar-refractivity contribution in [1.82, 2.24) is 14.8 Å². The first-order valence-electron chi connectivity index (χ1n) is 17.3. The van der Waals surface area contributed by atoms with Crippen LogP contribution in [0.3, 0.4) is 0 Å². The normalized spacial score (nSPS) is 38.9. The van der Waals surface area contributed by atoms with Crippen molar-refractivity contribution in [1.29, 1.82) is 0 Å². The number of piperidine rings is 2. The number of likely N-dealkylation sites (tertiary alicyclic amines) is 2. The van der Waals surface area contributed by atoms with Crippen molar-refractivity contribution in [3.8, 4) is 23.0 Å². The predicted octanol–water partition coefficient (Wildman–Crippen LogP) is 4.77. The van der Waals surface area contributed by atoms with Crippen molar-refractivity contribution >= 4 is 24.8 Å². The van der Waals surface area contributed by atoms with Crippen molar-refractivity contribution in [2.24, 2.45) is 11.8 Å². The van der Waals surface area contributed by atoms with Crippen LogP contribution in [-0.2, 0) is 36.5 Å². The van der Waals surface area contributed by atoms with Crippen LogP contribution in [0.1, 0.15) is 82.7 Å². The summed E-state index contributed by atoms with van der Waals surface area (Å²) in [6, 6.07) is 8.24. The van der Waals surface area contributed by atoms with E-state index in [1.165, 1.54) is 40.7 Å². The van der Waals surface area contributed by atoms with Gasteiger partial charge in [-0.1, -0.05) is 12.1 Å². The van der Waals surface area contributed by atoms with Crippen LogP contribution in [-0.4, -0.2) is 74.5 Å². The summed E-state index contributed by atoms with van der Waals surface area (Å²) in [5.74, 6) is 2.79. The Morgan fingerprint density at radius 3 is 2.32 bits per heavy atom. The number of aromatic amines is 1. The summed E-state index contributed by atoms with van der Waals surface area (Å²) in [6.45, 7) is 3.01. The Balaban J connectivity index is 0.00000143. The maximum atomic E-state index is 13.4. The van der Waals surface area contributed by atoms with Crippen LogP contribution in [0, 0.1) is 11.8 Å². The number of rotatable bonds is 2. The number of aliphatic hydroxyl groups is 1. The highest BCUT2D eigenvalue weighted by Crippen LogP contribution is 2.72. The van der Waals surface area contributed by atoms with E-state index in [2.05, 4.69) is 34.0 Å². The lowest BCUT2D eigenvalue weighted by molar-refractivity contribution is -0.173. The molecule has 4 N–H and O–H groups in total. The fourth-order valence-corrected chi connectivity index (χ4v) is 12.6. The molecule has 1 saturated carbocycles. The molecule has 12 rings (SSSR count). The Kier molecular flexibility index (Phi) is 5.57. The molecule has 0 amide bonds. The largest absolute Gasteiger partial charge is 0.504 e. The minimum Gasteiger partial charge on any atom is -0.504 e. The second-order valence-corrected chi connectivity index (χ2v) is 16.1. The van der Waals surface area contributed by atoms with Gasteiger partial charge in [-0.25, -0.2) is 0 Å². The van der Waals surface area contributed by atoms with Crippen LogP contribution in [0.2, 0.25) is 0 Å². The van der Waals surface area contributed by atoms with E-state index in [4.69, 9.17) is 9.47 Å². The number of hydrogen-bond donors (Lipinski definition) is 4. The van der Waals surface area contributed by atoms with Gasteiger partial charge in [-0.2, -0.15) is 0 Å². The number of aromatic hydroxyl groups is 2. The number of fused-ring (bicyclic) bond motifs is 5. The number of ether oxygens (including phenoxy) is 2. The average molecular weight is 679 g/mol. The average Bonchev–Trinajstić information content (AvgIpc) is 3.52. The molecule has 8 nitrogen and oxygen atoms in total. The summed E-state index contributed by atoms with van der Waals surface area (Å²) in [4.78, 5) is 9.12. The SMILES string of the molecule is CN1CC[C@]23c4c5ccc(O)c4O[C@H]2c2[nH]c4c(c2C[C@H]3[C@H]1C5)C[C@@]1(O)[C@H]2Cc3ccc(O)c5c3[C@@]1(CCN2CC1CC1)[C@H]4O5.Cl.Cl. The highest BCUT2D eigenvalue weighted by Gasteiger charge is 2.74. The van der Waals surface area contributed by atoms with Gasteiger partial charge in [0.2, 0.25) is 0 Å². The summed E-state index contributed by atoms with van der Waals surface area (Å²) in [5.41, 5.74) is 7.77. The zero-order valence-corrected chi connectivity index (χ0v) is 28.1. The molecule has 4 aliphatic heterocycles. The van der Waals surface area contributed by atoms with Crippen molar-refractivity contribution < 1.29 is 24.8 Å². The number of nitrogens with one attached hydrogen (secondary N) is 1. The summed E-state index contributed by atoms with van der Waals surface area (Å²) in [6.07, 6.45) is 7.08. The molecule has 248 valence electrons. The second-order valence-electron chi connectivity index (χ2n) is 16.1. The zero-order chi connectivity index (χ0) is 29.8. The van der Waals surface area contributed by atoms with Crippen molar-refractivity contribution in [3.05, 3.63) is 69.0 Å². The molecule has 2 saturated heterocycles. The van der Waals surface area contributed by atoms with Crippen molar-refractivity contribution in [2.45, 2.75) is 92.1 Å². The molecule has 2 spiro atoms. The van der Waals surface area contributed by atoms with Gasteiger partial charge in [-0.3, -0.25) is 4.90 Å². The van der Waals surface area contributed by atoms with Gasteiger partial charge in [-0.15, -0.1) is 24.8 Å². The Bertz CT molecular complexity index is 1910. The van der Waals surface area contributed by atoms with E-state index in [1.54, 1.807) is 6.07 Å². The van der Waals surface area contributed by atoms with E-state index in [1.807, 2.05) is 6.07 Å². The lowest BCUT2D eigenvalue weighted by atomic mass is 9.48. The Labute approximate surface area is 286 Å². The Morgan fingerprint density at radius 1 is 0.851 bits per heavy atom. The van der Waals surface area contributed by atoms with Crippen LogP contribution >= 0.6 is 24.8 Å². The fourth-order valence-electron chi connectivity index (χ4n) is 12.6. The maximum Gasteiger partial charge on any atom is 0.166 e. The molecule has 8 atom stereocenters. The number of likely N-dealkylation sites (N-methyl/N-ethyl adjacent to an activating group) is 1. The maximum absolute atomic E-state index is 13.4. The number of halogens is 2. The lowest BCUT2D eigenvalue weighted by Crippen LogP contribution is -2.74. The topological polar surface area (TPSA) is 101 Å². The first-order chi connectivity index (χ1) is 21.8. The van der Waals surface area contributed by atoms with Crippen molar-refractivity contribution in [3.63, 3.8) is 0 Å². The fraction of sp³-hybridized carbons (Fsp3) is 0.568. The van der Waals surface area contributed by atoms with Crippen LogP contribution < -0.4 is 9.47 Å². The van der Waals surface area contributed by atoms with Gasteiger partial charge in [0.25, 0.3) is 0 Å². The van der Waals surface area contributed by atoms with E-state index in [-0.39, 0.29) is 60.0 Å². The monoisotopic (exact) mass is 677 g/mol. The third-order valence-electron chi connectivity index (χ3n) is 14.6. The second kappa shape index (κ2) is 8.94. The highest BCUT2D eigenvalue weighted by atomic mass is 35.5. The predicted molar refractivity (Wildman–Crippen MR) is 179 cm³/mol. The third-order valence-corrected chi connectivity index (χ3v) is 14.6. The number of benzene rings is 2. The number of aromatic nitrogens is 1. The van der Waals surface area contributed by atoms with Crippen LogP contribution in [0.5, 0.6) is 23.0 Å². The Morgan fingerprint density at radius 2 is 1.55 bits per heavy atom. The minimum atomic E-state index is -1.00. The summed E-state index contributed by atoms with van der Waals surface area (Å²) in [7, 11) is 2.27. The molecule has 5 heterocycles. The number of hydrogen-bond acceptors (Lipinski definition) is 7. The first kappa shape index (κ1) is 29.3. The van der Waals surface area contributed by atoms with Gasteiger partial charge in [0, 0.05) is 41.6 Å². The van der Waals surface area contributed by atoms with E-state index >= 15 is 0 Å². The molecule has 3 fully saturated rings. The molecule has 10 heteroatoms. The molecule has 2 aromatic carbocycles. The Hall–Kier alpha value is -2.62. The number of nitrogens with zero attached hydrogens (tertiary/aromatic N) is 2. The van der Waals surface area contributed by atoms with Crippen molar-refractivity contribution in [2.75, 3.05) is 26.7 Å². The number of phenolic OH excluding ortho intramolecular Hbond substituents is 2. The molecule has 9 aliphatic rings. The quantitative estimate of drug-likeness (QED) is 0.310. The molecular formula is C37H41Cl2N3O5. The van der Waals surface area contributed by atoms with E-state index in [0.29, 0.717) is 29.9 Å². The number of phenols is 2. The molecule has 1 aromatic heterocycles. The molecule has 47 heavy (non-hydrogen) atoms. The van der Waals surface area contributed by atoms with Gasteiger partial charge in [-0.05, 0) is 111 Å². The molecule has 3 aromatic rings. The summed E-state index contributed by atoms with van der Waals surface area (Å²) in [5, 5.41) is 35.6. The van der Waals surface area contributed by atoms with E-state index in [9.17, 15) is 15.3 Å². The smallest absolute Gasteiger partial charge is 0.166 e. The first-order valence-corrected chi connectivity index (χ1v) is 17.3. The molecular weight excluding hydrogens is 637 g/mol. The van der Waals surface area contributed by atoms with Gasteiger partial charge < -0.3 is 34.7 Å². The number of H-pyrrole nitrogens is 1. The van der Waals surface area contributed by atoms with Crippen LogP contribution in [0.25, 0.3) is 0 Å². The van der Waals surface area contributed by atoms with Crippen LogP contribution in [0.4, 0.5) is 0 Å². The highest BCUT2D eigenvalue weighted by molar-refractivity contribution is 5.85. The van der Waals surface area contributed by atoms with Gasteiger partial charge in [0.05, 0.1) is 22.4 Å². The third kappa shape index (κ3) is 3.04. The van der Waals surface area contributed by atoms with Gasteiger partial charge in [0.1, 0.15) is 6.10 Å². The summed E-state index contributed by atoms with van der Waals surface area (Å²) >= 11 is 0. The molecule has 0 unspecified atom stereocenters. The summed E-state index contributed by atoms with van der Waals surface area (Å²) < 4.78 is 13.8. The zero-order valence-electron chi connectivity index (χ0n) is 26.4. The van der Waals surface area contributed by atoms with E-state index < -0.39 is 11.0 Å².